The van der Waals surface area contributed by atoms with Gasteiger partial charge in [-0.25, -0.2) is 8.42 Å². The lowest BCUT2D eigenvalue weighted by molar-refractivity contribution is -0.228. The summed E-state index contributed by atoms with van der Waals surface area (Å²) in [6, 6.07) is 2.70. The Morgan fingerprint density at radius 2 is 2.14 bits per heavy atom. The molecule has 2 rings (SSSR count). The fourth-order valence-electron chi connectivity index (χ4n) is 2.21. The monoisotopic (exact) mass is 338 g/mol. The molecule has 0 aromatic carbocycles. The Kier molecular flexibility index (Phi) is 4.51. The van der Waals surface area contributed by atoms with Gasteiger partial charge in [0.15, 0.2) is 6.10 Å². The van der Waals surface area contributed by atoms with Crippen molar-refractivity contribution in [2.24, 2.45) is 0 Å². The number of hydrogen-bond donors (Lipinski definition) is 0. The molecule has 0 radical (unpaired) electrons. The van der Waals surface area contributed by atoms with E-state index >= 15 is 0 Å². The molecule has 1 aliphatic heterocycles. The number of alkyl halides is 3. The van der Waals surface area contributed by atoms with Crippen LogP contribution in [0.5, 0.6) is 0 Å². The number of halogens is 3. The Bertz CT molecular complexity index is 677. The van der Waals surface area contributed by atoms with Crippen molar-refractivity contribution in [2.45, 2.75) is 36.6 Å². The normalized spacial score (nSPS) is 24.7. The third kappa shape index (κ3) is 3.26. The molecule has 0 spiro atoms. The van der Waals surface area contributed by atoms with Crippen LogP contribution in [0, 0.1) is 11.3 Å². The third-order valence-electron chi connectivity index (χ3n) is 3.21. The SMILES string of the molecule is CC1CN(S(=O)(=O)c2ccoc2C#N)CCC(C(F)(F)F)O1. The Labute approximate surface area is 125 Å². The standard InChI is InChI=1S/C12H13F3N2O4S/c1-8-7-17(4-2-11(21-8)12(13,14)15)22(18,19)10-3-5-20-9(10)6-16/h3,5,8,11H,2,4,7H2,1H3. The summed E-state index contributed by atoms with van der Waals surface area (Å²) < 4.78 is 73.7. The van der Waals surface area contributed by atoms with Gasteiger partial charge in [-0.05, 0) is 19.4 Å². The number of nitrogens with zero attached hydrogens (tertiary/aromatic N) is 2. The number of ether oxygens (including phenoxy) is 1. The summed E-state index contributed by atoms with van der Waals surface area (Å²) in [5.41, 5.74) is 0. The topological polar surface area (TPSA) is 83.5 Å². The van der Waals surface area contributed by atoms with Crippen LogP contribution in [0.15, 0.2) is 21.6 Å². The second-order valence-corrected chi connectivity index (χ2v) is 6.76. The van der Waals surface area contributed by atoms with Gasteiger partial charge in [-0.15, -0.1) is 0 Å². The number of nitriles is 1. The minimum Gasteiger partial charge on any atom is -0.452 e. The lowest BCUT2D eigenvalue weighted by Crippen LogP contribution is -2.36. The highest BCUT2D eigenvalue weighted by Crippen LogP contribution is 2.30. The Hall–Kier alpha value is -1.57. The van der Waals surface area contributed by atoms with Crippen molar-refractivity contribution in [3.8, 4) is 6.07 Å². The Morgan fingerprint density at radius 1 is 1.45 bits per heavy atom. The Morgan fingerprint density at radius 3 is 2.73 bits per heavy atom. The van der Waals surface area contributed by atoms with E-state index in [1.54, 1.807) is 6.07 Å². The molecule has 10 heteroatoms. The maximum Gasteiger partial charge on any atom is 0.414 e. The first-order chi connectivity index (χ1) is 10.2. The number of hydrogen-bond acceptors (Lipinski definition) is 5. The zero-order valence-corrected chi connectivity index (χ0v) is 12.3. The molecular weight excluding hydrogens is 325 g/mol. The number of sulfonamides is 1. The highest BCUT2D eigenvalue weighted by atomic mass is 32.2. The molecule has 22 heavy (non-hydrogen) atoms. The van der Waals surface area contributed by atoms with Crippen molar-refractivity contribution < 1.29 is 30.7 Å². The molecule has 1 aromatic rings. The average molecular weight is 338 g/mol. The Balaban J connectivity index is 2.28. The van der Waals surface area contributed by atoms with E-state index in [9.17, 15) is 21.6 Å². The van der Waals surface area contributed by atoms with Crippen LogP contribution in [0.4, 0.5) is 13.2 Å². The second kappa shape index (κ2) is 5.91. The average Bonchev–Trinajstić information content (AvgIpc) is 2.80. The van der Waals surface area contributed by atoms with Gasteiger partial charge in [-0.3, -0.25) is 0 Å². The van der Waals surface area contributed by atoms with Gasteiger partial charge in [0.05, 0.1) is 12.4 Å². The molecular formula is C12H13F3N2O4S. The van der Waals surface area contributed by atoms with Gasteiger partial charge in [0.25, 0.3) is 0 Å². The van der Waals surface area contributed by atoms with E-state index in [1.807, 2.05) is 0 Å². The molecule has 122 valence electrons. The molecule has 2 heterocycles. The van der Waals surface area contributed by atoms with E-state index in [4.69, 9.17) is 14.4 Å². The van der Waals surface area contributed by atoms with Gasteiger partial charge in [-0.2, -0.15) is 22.7 Å². The van der Waals surface area contributed by atoms with E-state index in [0.717, 1.165) is 16.6 Å². The summed E-state index contributed by atoms with van der Waals surface area (Å²) in [6.07, 6.45) is -6.96. The van der Waals surface area contributed by atoms with Gasteiger partial charge in [0.2, 0.25) is 15.8 Å². The van der Waals surface area contributed by atoms with Crippen LogP contribution in [-0.2, 0) is 14.8 Å². The van der Waals surface area contributed by atoms with Crippen LogP contribution in [0.3, 0.4) is 0 Å². The maximum atomic E-state index is 12.8. The van der Waals surface area contributed by atoms with Crippen LogP contribution in [0.2, 0.25) is 0 Å². The number of furan rings is 1. The van der Waals surface area contributed by atoms with Gasteiger partial charge < -0.3 is 9.15 Å². The van der Waals surface area contributed by atoms with E-state index < -0.39 is 40.6 Å². The molecule has 0 aliphatic carbocycles. The van der Waals surface area contributed by atoms with E-state index in [0.29, 0.717) is 0 Å². The smallest absolute Gasteiger partial charge is 0.414 e. The highest BCUT2D eigenvalue weighted by molar-refractivity contribution is 7.89. The fourth-order valence-corrected chi connectivity index (χ4v) is 3.80. The minimum atomic E-state index is -4.55. The predicted molar refractivity (Wildman–Crippen MR) is 67.2 cm³/mol. The predicted octanol–water partition coefficient (Wildman–Crippen LogP) is 1.88. The lowest BCUT2D eigenvalue weighted by atomic mass is 10.2. The van der Waals surface area contributed by atoms with Crippen LogP contribution in [0.25, 0.3) is 0 Å². The first kappa shape index (κ1) is 16.8. The van der Waals surface area contributed by atoms with E-state index in [2.05, 4.69) is 0 Å². The summed E-state index contributed by atoms with van der Waals surface area (Å²) in [7, 11) is -4.12. The third-order valence-corrected chi connectivity index (χ3v) is 5.10. The quantitative estimate of drug-likeness (QED) is 0.822. The lowest BCUT2D eigenvalue weighted by Gasteiger charge is -2.21. The van der Waals surface area contributed by atoms with E-state index in [-0.39, 0.29) is 18.0 Å². The molecule has 0 amide bonds. The summed E-state index contributed by atoms with van der Waals surface area (Å²) in [5.74, 6) is -0.398. The summed E-state index contributed by atoms with van der Waals surface area (Å²) >= 11 is 0. The second-order valence-electron chi connectivity index (χ2n) is 4.85. The molecule has 2 unspecified atom stereocenters. The fraction of sp³-hybridized carbons (Fsp3) is 0.583. The van der Waals surface area contributed by atoms with Crippen molar-refractivity contribution in [1.82, 2.24) is 4.31 Å². The van der Waals surface area contributed by atoms with Crippen molar-refractivity contribution in [1.29, 1.82) is 5.26 Å². The molecule has 1 aromatic heterocycles. The van der Waals surface area contributed by atoms with Crippen molar-refractivity contribution in [2.75, 3.05) is 13.1 Å². The molecule has 0 saturated carbocycles. The van der Waals surface area contributed by atoms with Crippen LogP contribution >= 0.6 is 0 Å². The van der Waals surface area contributed by atoms with Gasteiger partial charge in [0.1, 0.15) is 11.0 Å². The zero-order valence-electron chi connectivity index (χ0n) is 11.5. The maximum absolute atomic E-state index is 12.8. The summed E-state index contributed by atoms with van der Waals surface area (Å²) in [5, 5.41) is 8.83. The minimum absolute atomic E-state index is 0.231. The molecule has 6 nitrogen and oxygen atoms in total. The van der Waals surface area contributed by atoms with E-state index in [1.165, 1.54) is 6.92 Å². The van der Waals surface area contributed by atoms with Crippen molar-refractivity contribution in [3.63, 3.8) is 0 Å². The van der Waals surface area contributed by atoms with Crippen LogP contribution in [0.1, 0.15) is 19.1 Å². The molecule has 0 N–H and O–H groups in total. The zero-order chi connectivity index (χ0) is 16.5. The van der Waals surface area contributed by atoms with Crippen LogP contribution in [-0.4, -0.2) is 44.2 Å². The van der Waals surface area contributed by atoms with Crippen molar-refractivity contribution in [3.05, 3.63) is 18.1 Å². The molecule has 1 fully saturated rings. The molecule has 0 bridgehead atoms. The first-order valence-electron chi connectivity index (χ1n) is 6.36. The van der Waals surface area contributed by atoms with Gasteiger partial charge in [-0.1, -0.05) is 0 Å². The van der Waals surface area contributed by atoms with Crippen molar-refractivity contribution >= 4 is 10.0 Å². The molecule has 1 saturated heterocycles. The van der Waals surface area contributed by atoms with Crippen LogP contribution < -0.4 is 0 Å². The molecule has 1 aliphatic rings. The molecule has 2 atom stereocenters. The summed E-state index contributed by atoms with van der Waals surface area (Å²) in [4.78, 5) is -0.354. The first-order valence-corrected chi connectivity index (χ1v) is 7.80. The highest BCUT2D eigenvalue weighted by Gasteiger charge is 2.44. The van der Waals surface area contributed by atoms with Gasteiger partial charge >= 0.3 is 6.18 Å². The summed E-state index contributed by atoms with van der Waals surface area (Å²) in [6.45, 7) is 0.783. The number of rotatable bonds is 2. The largest absolute Gasteiger partial charge is 0.452 e. The van der Waals surface area contributed by atoms with Gasteiger partial charge in [0, 0.05) is 13.1 Å².